The largest absolute Gasteiger partial charge is 0.465 e. The first-order valence-electron chi connectivity index (χ1n) is 14.3. The highest BCUT2D eigenvalue weighted by Gasteiger charge is 2.43. The van der Waals surface area contributed by atoms with Crippen molar-refractivity contribution in [3.05, 3.63) is 40.4 Å². The highest BCUT2D eigenvalue weighted by molar-refractivity contribution is 7.17. The van der Waals surface area contributed by atoms with E-state index in [0.29, 0.717) is 24.2 Å². The van der Waals surface area contributed by atoms with Crippen LogP contribution in [0.25, 0.3) is 0 Å². The van der Waals surface area contributed by atoms with E-state index in [2.05, 4.69) is 20.9 Å². The van der Waals surface area contributed by atoms with Crippen LogP contribution in [-0.2, 0) is 22.4 Å². The summed E-state index contributed by atoms with van der Waals surface area (Å²) in [6.45, 7) is 13.1. The van der Waals surface area contributed by atoms with Crippen LogP contribution in [0.2, 0.25) is 0 Å². The highest BCUT2D eigenvalue weighted by atomic mass is 32.1. The fraction of sp³-hybridized carbons (Fsp3) is 0.533. The van der Waals surface area contributed by atoms with Gasteiger partial charge in [0.05, 0.1) is 5.69 Å². The number of anilines is 2. The first-order valence-corrected chi connectivity index (χ1v) is 15.1. The number of aromatic nitrogens is 1. The molecule has 0 saturated carbocycles. The van der Waals surface area contributed by atoms with Gasteiger partial charge in [-0.2, -0.15) is 0 Å². The molecule has 1 aromatic heterocycles. The number of benzene rings is 1. The fourth-order valence-electron chi connectivity index (χ4n) is 4.55. The zero-order valence-electron chi connectivity index (χ0n) is 27.5. The van der Waals surface area contributed by atoms with Crippen LogP contribution < -0.4 is 16.0 Å². The average Bonchev–Trinajstić information content (AvgIpc) is 3.27. The summed E-state index contributed by atoms with van der Waals surface area (Å²) >= 11 is 1.02. The first kappa shape index (κ1) is 36.8. The van der Waals surface area contributed by atoms with Crippen molar-refractivity contribution in [3.8, 4) is 0 Å². The summed E-state index contributed by atoms with van der Waals surface area (Å²) in [5.41, 5.74) is -0.0553. The molecule has 0 radical (unpaired) electrons. The summed E-state index contributed by atoms with van der Waals surface area (Å²) in [5, 5.41) is 28.8. The molecule has 5 amide bonds. The summed E-state index contributed by atoms with van der Waals surface area (Å²) in [6, 6.07) is 6.30. The molecule has 0 fully saturated rings. The van der Waals surface area contributed by atoms with Gasteiger partial charge >= 0.3 is 12.2 Å². The van der Waals surface area contributed by atoms with Gasteiger partial charge in [-0.15, -0.1) is 0 Å². The molecule has 0 aliphatic rings. The molecule has 1 aromatic carbocycles. The van der Waals surface area contributed by atoms with Crippen molar-refractivity contribution in [2.45, 2.75) is 91.6 Å². The third-order valence-electron chi connectivity index (χ3n) is 6.59. The van der Waals surface area contributed by atoms with Gasteiger partial charge in [-0.3, -0.25) is 24.2 Å². The van der Waals surface area contributed by atoms with E-state index >= 15 is 0 Å². The number of nitrogens with one attached hydrogen (secondary N) is 3. The van der Waals surface area contributed by atoms with Crippen LogP contribution in [-0.4, -0.2) is 97.3 Å². The first-order chi connectivity index (χ1) is 20.6. The van der Waals surface area contributed by atoms with Gasteiger partial charge in [0.15, 0.2) is 11.4 Å². The minimum atomic E-state index is -1.28. The second-order valence-electron chi connectivity index (χ2n) is 12.8. The molecule has 5 N–H and O–H groups in total. The predicted octanol–water partition coefficient (Wildman–Crippen LogP) is 4.35. The number of hydrogen-bond donors (Lipinski definition) is 5. The molecule has 0 bridgehead atoms. The van der Waals surface area contributed by atoms with E-state index in [0.717, 1.165) is 26.7 Å². The summed E-state index contributed by atoms with van der Waals surface area (Å²) in [4.78, 5) is 69.9. The van der Waals surface area contributed by atoms with E-state index in [9.17, 15) is 34.2 Å². The number of carboxylic acid groups (broad SMARTS) is 2. The number of nitrogens with zero attached hydrogens (tertiary/aromatic N) is 4. The minimum Gasteiger partial charge on any atom is -0.465 e. The molecular formula is C30H45N7O7S. The number of hydrogen-bond acceptors (Lipinski definition) is 8. The Hall–Kier alpha value is -4.40. The lowest BCUT2D eigenvalue weighted by molar-refractivity contribution is -0.130. The Labute approximate surface area is 267 Å². The zero-order valence-corrected chi connectivity index (χ0v) is 28.3. The van der Waals surface area contributed by atoms with E-state index in [1.54, 1.807) is 74.7 Å². The lowest BCUT2D eigenvalue weighted by Crippen LogP contribution is -2.66. The molecule has 0 saturated heterocycles. The molecule has 0 spiro atoms. The molecule has 0 aliphatic heterocycles. The molecule has 248 valence electrons. The summed E-state index contributed by atoms with van der Waals surface area (Å²) in [5.74, 6) is -1.08. The van der Waals surface area contributed by atoms with Crippen LogP contribution >= 0.6 is 11.3 Å². The fourth-order valence-corrected chi connectivity index (χ4v) is 5.52. The minimum absolute atomic E-state index is 0.267. The maximum atomic E-state index is 13.1. The van der Waals surface area contributed by atoms with Crippen molar-refractivity contribution in [2.24, 2.45) is 0 Å². The monoisotopic (exact) mass is 647 g/mol. The van der Waals surface area contributed by atoms with E-state index < -0.39 is 41.5 Å². The van der Waals surface area contributed by atoms with Crippen LogP contribution in [0, 0.1) is 0 Å². The van der Waals surface area contributed by atoms with Crippen molar-refractivity contribution < 1.29 is 34.2 Å². The van der Waals surface area contributed by atoms with Crippen LogP contribution in [0.3, 0.4) is 0 Å². The molecule has 15 heteroatoms. The van der Waals surface area contributed by atoms with Gasteiger partial charge in [0.2, 0.25) is 11.8 Å². The van der Waals surface area contributed by atoms with E-state index in [1.165, 1.54) is 11.8 Å². The Morgan fingerprint density at radius 1 is 0.889 bits per heavy atom. The number of rotatable bonds is 11. The Kier molecular flexibility index (Phi) is 11.9. The Morgan fingerprint density at radius 2 is 1.40 bits per heavy atom. The molecule has 45 heavy (non-hydrogen) atoms. The molecule has 14 nitrogen and oxygen atoms in total. The van der Waals surface area contributed by atoms with E-state index in [4.69, 9.17) is 0 Å². The smallest absolute Gasteiger partial charge is 0.410 e. The highest BCUT2D eigenvalue weighted by Crippen LogP contribution is 2.28. The molecule has 0 unspecified atom stereocenters. The predicted molar refractivity (Wildman–Crippen MR) is 173 cm³/mol. The average molecular weight is 648 g/mol. The molecule has 0 aliphatic carbocycles. The summed E-state index contributed by atoms with van der Waals surface area (Å²) in [6.07, 6.45) is -3.00. The van der Waals surface area contributed by atoms with Gasteiger partial charge in [-0.05, 0) is 79.0 Å². The van der Waals surface area contributed by atoms with Crippen molar-refractivity contribution in [3.63, 3.8) is 0 Å². The van der Waals surface area contributed by atoms with Crippen molar-refractivity contribution in [1.29, 1.82) is 0 Å². The van der Waals surface area contributed by atoms with Gasteiger partial charge in [0.25, 0.3) is 5.91 Å². The summed E-state index contributed by atoms with van der Waals surface area (Å²) in [7, 11) is 3.19. The van der Waals surface area contributed by atoms with Crippen molar-refractivity contribution >= 4 is 52.1 Å². The normalized spacial score (nSPS) is 12.2. The van der Waals surface area contributed by atoms with Gasteiger partial charge in [-0.1, -0.05) is 23.5 Å². The third-order valence-corrected chi connectivity index (χ3v) is 7.60. The molecule has 1 heterocycles. The third kappa shape index (κ3) is 10.1. The maximum Gasteiger partial charge on any atom is 0.410 e. The van der Waals surface area contributed by atoms with Crippen LogP contribution in [0.5, 0.6) is 0 Å². The zero-order chi connectivity index (χ0) is 34.4. The maximum absolute atomic E-state index is 13.1. The Morgan fingerprint density at radius 3 is 1.82 bits per heavy atom. The van der Waals surface area contributed by atoms with Crippen molar-refractivity contribution in [1.82, 2.24) is 25.0 Å². The standard InChI is InChI=1S/C30H45N7O7S/c1-17(24(40)35(9)10)31-23(39)22-21(34-25(45-22)32-18(2)38)16-13-19-11-14-20(15-12-19)33-26(36(27(41)42)29(3,4)5)37(28(43)44)30(6,7)8/h11-12,14-15,17,26,33H,13,16H2,1-10H3,(H,31,39)(H,41,42)(H,43,44)(H,32,34,38)/t17-/m0/s1. The summed E-state index contributed by atoms with van der Waals surface area (Å²) < 4.78 is 0. The van der Waals surface area contributed by atoms with E-state index in [1.807, 2.05) is 12.1 Å². The SMILES string of the molecule is CC(=O)Nc1nc(CCc2ccc(NC(N(C(=O)O)C(C)(C)C)N(C(=O)O)C(C)(C)C)cc2)c(C(=O)N[C@@H](C)C(=O)N(C)C)s1. The molecule has 2 rings (SSSR count). The van der Waals surface area contributed by atoms with Crippen LogP contribution in [0.4, 0.5) is 20.4 Å². The second-order valence-corrected chi connectivity index (χ2v) is 13.8. The van der Waals surface area contributed by atoms with E-state index in [-0.39, 0.29) is 21.8 Å². The van der Waals surface area contributed by atoms with Gasteiger partial charge in [0.1, 0.15) is 10.9 Å². The van der Waals surface area contributed by atoms with Gasteiger partial charge in [0, 0.05) is 37.8 Å². The number of amides is 5. The molecule has 1 atom stereocenters. The lowest BCUT2D eigenvalue weighted by Gasteiger charge is -2.48. The molecule has 2 aromatic rings. The lowest BCUT2D eigenvalue weighted by atomic mass is 10.0. The second kappa shape index (κ2) is 14.6. The van der Waals surface area contributed by atoms with Crippen molar-refractivity contribution in [2.75, 3.05) is 24.7 Å². The molecular weight excluding hydrogens is 602 g/mol. The van der Waals surface area contributed by atoms with Gasteiger partial charge < -0.3 is 31.1 Å². The number of thiazole rings is 1. The van der Waals surface area contributed by atoms with Crippen LogP contribution in [0.15, 0.2) is 24.3 Å². The van der Waals surface area contributed by atoms with Crippen LogP contribution in [0.1, 0.15) is 76.3 Å². The topological polar surface area (TPSA) is 185 Å². The van der Waals surface area contributed by atoms with Gasteiger partial charge in [-0.25, -0.2) is 14.6 Å². The number of carbonyl (C=O) groups is 5. The Balaban J connectivity index is 2.33. The number of carbonyl (C=O) groups excluding carboxylic acids is 3. The number of aryl methyl sites for hydroxylation is 2. The number of likely N-dealkylation sites (N-methyl/N-ethyl adjacent to an activating group) is 1. The quantitative estimate of drug-likeness (QED) is 0.221. The Bertz CT molecular complexity index is 1360.